The van der Waals surface area contributed by atoms with E-state index in [0.29, 0.717) is 18.5 Å². The average molecular weight is 298 g/mol. The van der Waals surface area contributed by atoms with Crippen LogP contribution in [0.15, 0.2) is 24.3 Å². The number of nitrogens with zero attached hydrogens (tertiary/aromatic N) is 1. The van der Waals surface area contributed by atoms with E-state index in [-0.39, 0.29) is 23.5 Å². The molecule has 1 fully saturated rings. The molecule has 1 amide bonds. The van der Waals surface area contributed by atoms with Crippen LogP contribution in [-0.2, 0) is 15.6 Å². The maximum atomic E-state index is 13.8. The molecule has 1 aromatic carbocycles. The molecule has 0 radical (unpaired) electrons. The number of carbonyl (C=O) groups excluding carboxylic acids is 1. The molecule has 0 bridgehead atoms. The van der Waals surface area contributed by atoms with Crippen LogP contribution >= 0.6 is 0 Å². The SMILES string of the molecule is CC(CCN1C(=O)CNC1c1ccccc1F)S(C)=O. The van der Waals surface area contributed by atoms with E-state index in [4.69, 9.17) is 0 Å². The van der Waals surface area contributed by atoms with E-state index in [1.54, 1.807) is 29.4 Å². The van der Waals surface area contributed by atoms with Gasteiger partial charge in [0.05, 0.1) is 6.54 Å². The fraction of sp³-hybridized carbons (Fsp3) is 0.500. The van der Waals surface area contributed by atoms with Crippen LogP contribution in [0.25, 0.3) is 0 Å². The van der Waals surface area contributed by atoms with Gasteiger partial charge in [-0.2, -0.15) is 0 Å². The molecule has 1 N–H and O–H groups in total. The molecule has 0 spiro atoms. The van der Waals surface area contributed by atoms with Crippen molar-refractivity contribution in [2.75, 3.05) is 19.3 Å². The summed E-state index contributed by atoms with van der Waals surface area (Å²) < 4.78 is 25.2. The minimum atomic E-state index is -0.914. The summed E-state index contributed by atoms with van der Waals surface area (Å²) in [7, 11) is -0.914. The van der Waals surface area contributed by atoms with Gasteiger partial charge in [-0.05, 0) is 12.5 Å². The van der Waals surface area contributed by atoms with Gasteiger partial charge >= 0.3 is 0 Å². The van der Waals surface area contributed by atoms with Crippen molar-refractivity contribution < 1.29 is 13.4 Å². The lowest BCUT2D eigenvalue weighted by Crippen LogP contribution is -2.33. The Morgan fingerprint density at radius 3 is 2.85 bits per heavy atom. The summed E-state index contributed by atoms with van der Waals surface area (Å²) in [5.41, 5.74) is 0.476. The Bertz CT molecular complexity index is 524. The molecular formula is C14H19FN2O2S. The third-order valence-electron chi connectivity index (χ3n) is 3.62. The smallest absolute Gasteiger partial charge is 0.238 e. The number of nitrogens with one attached hydrogen (secondary N) is 1. The van der Waals surface area contributed by atoms with Crippen LogP contribution in [-0.4, -0.2) is 39.6 Å². The van der Waals surface area contributed by atoms with E-state index in [0.717, 1.165) is 0 Å². The van der Waals surface area contributed by atoms with Gasteiger partial charge in [0.1, 0.15) is 12.0 Å². The molecule has 4 nitrogen and oxygen atoms in total. The van der Waals surface area contributed by atoms with Crippen LogP contribution in [0, 0.1) is 5.82 Å². The predicted octanol–water partition coefficient (Wildman–Crippen LogP) is 1.41. The molecule has 110 valence electrons. The summed E-state index contributed by atoms with van der Waals surface area (Å²) in [6.45, 7) is 2.58. The molecule has 1 aliphatic heterocycles. The van der Waals surface area contributed by atoms with Gasteiger partial charge < -0.3 is 4.90 Å². The van der Waals surface area contributed by atoms with Crippen molar-refractivity contribution in [3.8, 4) is 0 Å². The molecule has 1 heterocycles. The van der Waals surface area contributed by atoms with Crippen molar-refractivity contribution in [1.82, 2.24) is 10.2 Å². The Labute approximate surface area is 120 Å². The third kappa shape index (κ3) is 3.24. The Kier molecular flexibility index (Phi) is 4.88. The van der Waals surface area contributed by atoms with Crippen molar-refractivity contribution in [2.45, 2.75) is 24.8 Å². The first-order chi connectivity index (χ1) is 9.50. The van der Waals surface area contributed by atoms with Crippen molar-refractivity contribution >= 4 is 16.7 Å². The molecule has 0 aromatic heterocycles. The van der Waals surface area contributed by atoms with Gasteiger partial charge in [-0.1, -0.05) is 25.1 Å². The first kappa shape index (κ1) is 15.1. The zero-order valence-electron chi connectivity index (χ0n) is 11.6. The molecule has 1 aromatic rings. The Morgan fingerprint density at radius 2 is 2.20 bits per heavy atom. The second-order valence-electron chi connectivity index (χ2n) is 4.99. The molecular weight excluding hydrogens is 279 g/mol. The van der Waals surface area contributed by atoms with Crippen LogP contribution in [0.1, 0.15) is 25.1 Å². The van der Waals surface area contributed by atoms with E-state index >= 15 is 0 Å². The predicted molar refractivity (Wildman–Crippen MR) is 77.0 cm³/mol. The highest BCUT2D eigenvalue weighted by Crippen LogP contribution is 2.25. The average Bonchev–Trinajstić information content (AvgIpc) is 2.77. The van der Waals surface area contributed by atoms with Gasteiger partial charge in [0.2, 0.25) is 5.91 Å². The maximum absolute atomic E-state index is 13.8. The quantitative estimate of drug-likeness (QED) is 0.894. The Balaban J connectivity index is 2.11. The molecule has 20 heavy (non-hydrogen) atoms. The van der Waals surface area contributed by atoms with Crippen molar-refractivity contribution in [3.05, 3.63) is 35.6 Å². The van der Waals surface area contributed by atoms with Crippen LogP contribution in [0.4, 0.5) is 4.39 Å². The first-order valence-corrected chi connectivity index (χ1v) is 8.22. The number of halogens is 1. The summed E-state index contributed by atoms with van der Waals surface area (Å²) in [6.07, 6.45) is 1.87. The largest absolute Gasteiger partial charge is 0.322 e. The number of hydrogen-bond donors (Lipinski definition) is 1. The highest BCUT2D eigenvalue weighted by Gasteiger charge is 2.33. The molecule has 2 rings (SSSR count). The maximum Gasteiger partial charge on any atom is 0.238 e. The summed E-state index contributed by atoms with van der Waals surface area (Å²) in [6, 6.07) is 6.45. The monoisotopic (exact) mass is 298 g/mol. The summed E-state index contributed by atoms with van der Waals surface area (Å²) in [4.78, 5) is 13.5. The van der Waals surface area contributed by atoms with Crippen LogP contribution in [0.2, 0.25) is 0 Å². The Morgan fingerprint density at radius 1 is 1.50 bits per heavy atom. The van der Waals surface area contributed by atoms with Gasteiger partial charge in [0, 0.05) is 34.4 Å². The van der Waals surface area contributed by atoms with Crippen molar-refractivity contribution in [2.24, 2.45) is 0 Å². The number of carbonyl (C=O) groups is 1. The normalized spacial score (nSPS) is 22.1. The molecule has 0 aliphatic carbocycles. The lowest BCUT2D eigenvalue weighted by Gasteiger charge is -2.25. The fourth-order valence-corrected chi connectivity index (χ4v) is 2.69. The number of amides is 1. The second kappa shape index (κ2) is 6.45. The van der Waals surface area contributed by atoms with E-state index in [1.807, 2.05) is 6.92 Å². The van der Waals surface area contributed by atoms with Gasteiger partial charge in [-0.3, -0.25) is 14.3 Å². The van der Waals surface area contributed by atoms with E-state index in [2.05, 4.69) is 5.32 Å². The van der Waals surface area contributed by atoms with Crippen LogP contribution in [0.3, 0.4) is 0 Å². The van der Waals surface area contributed by atoms with Crippen molar-refractivity contribution in [1.29, 1.82) is 0 Å². The van der Waals surface area contributed by atoms with E-state index in [1.165, 1.54) is 6.07 Å². The third-order valence-corrected chi connectivity index (χ3v) is 4.99. The topological polar surface area (TPSA) is 49.4 Å². The highest BCUT2D eigenvalue weighted by atomic mass is 32.2. The van der Waals surface area contributed by atoms with E-state index in [9.17, 15) is 13.4 Å². The zero-order chi connectivity index (χ0) is 14.7. The first-order valence-electron chi connectivity index (χ1n) is 6.60. The molecule has 1 aliphatic rings. The van der Waals surface area contributed by atoms with Gasteiger partial charge in [-0.25, -0.2) is 4.39 Å². The Hall–Kier alpha value is -1.27. The number of hydrogen-bond acceptors (Lipinski definition) is 3. The van der Waals surface area contributed by atoms with Crippen LogP contribution < -0.4 is 5.32 Å². The second-order valence-corrected chi connectivity index (χ2v) is 6.79. The lowest BCUT2D eigenvalue weighted by atomic mass is 10.1. The minimum absolute atomic E-state index is 0.0182. The van der Waals surface area contributed by atoms with E-state index < -0.39 is 17.0 Å². The standard InChI is InChI=1S/C14H19FN2O2S/c1-10(20(2)19)7-8-17-13(18)9-16-14(17)11-5-3-4-6-12(11)15/h3-6,10,14,16H,7-9H2,1-2H3. The lowest BCUT2D eigenvalue weighted by molar-refractivity contribution is -0.128. The number of rotatable bonds is 5. The molecule has 3 atom stereocenters. The molecule has 1 saturated heterocycles. The summed E-state index contributed by atoms with van der Waals surface area (Å²) >= 11 is 0. The molecule has 0 saturated carbocycles. The summed E-state index contributed by atoms with van der Waals surface area (Å²) in [5.74, 6) is -0.371. The van der Waals surface area contributed by atoms with Crippen LogP contribution in [0.5, 0.6) is 0 Å². The zero-order valence-corrected chi connectivity index (χ0v) is 12.5. The summed E-state index contributed by atoms with van der Waals surface area (Å²) in [5, 5.41) is 3.05. The molecule has 6 heteroatoms. The number of benzene rings is 1. The highest BCUT2D eigenvalue weighted by molar-refractivity contribution is 7.84. The van der Waals surface area contributed by atoms with Crippen molar-refractivity contribution in [3.63, 3.8) is 0 Å². The van der Waals surface area contributed by atoms with Gasteiger partial charge in [0.15, 0.2) is 0 Å². The van der Waals surface area contributed by atoms with Gasteiger partial charge in [0.25, 0.3) is 0 Å². The fourth-order valence-electron chi connectivity index (χ4n) is 2.26. The molecule has 3 unspecified atom stereocenters. The van der Waals surface area contributed by atoms with Gasteiger partial charge in [-0.15, -0.1) is 0 Å². The minimum Gasteiger partial charge on any atom is -0.322 e.